The highest BCUT2D eigenvalue weighted by Crippen LogP contribution is 1.96. The lowest BCUT2D eigenvalue weighted by molar-refractivity contribution is -0.141. The van der Waals surface area contributed by atoms with Crippen LogP contribution in [0.2, 0.25) is 0 Å². The number of carboxylic acids is 2. The van der Waals surface area contributed by atoms with Crippen molar-refractivity contribution in [2.75, 3.05) is 0 Å². The molecule has 0 bridgehead atoms. The summed E-state index contributed by atoms with van der Waals surface area (Å²) in [4.78, 5) is 30.2. The highest BCUT2D eigenvalue weighted by atomic mass is 16.4. The molecule has 0 fully saturated rings. The predicted octanol–water partition coefficient (Wildman–Crippen LogP) is -0.950. The summed E-state index contributed by atoms with van der Waals surface area (Å²) in [5.41, 5.74) is 0. The second-order valence-electron chi connectivity index (χ2n) is 2.11. The molecule has 0 aromatic carbocycles. The lowest BCUT2D eigenvalue weighted by atomic mass is 10.1. The minimum absolute atomic E-state index is 0.108. The maximum atomic E-state index is 10.3. The van der Waals surface area contributed by atoms with E-state index in [-0.39, 0.29) is 19.3 Å². The summed E-state index contributed by atoms with van der Waals surface area (Å²) < 4.78 is 0. The van der Waals surface area contributed by atoms with E-state index in [1.165, 1.54) is 0 Å². The summed E-state index contributed by atoms with van der Waals surface area (Å²) in [6, 6.07) is -1.11. The van der Waals surface area contributed by atoms with E-state index in [0.717, 1.165) is 0 Å². The SMILES string of the molecule is O=CN[C@H](CCC(=O)O)C(=O)O. The van der Waals surface area contributed by atoms with Gasteiger partial charge in [0.1, 0.15) is 6.04 Å². The first kappa shape index (κ1) is 10.4. The molecule has 6 nitrogen and oxygen atoms in total. The number of carboxylic acid groups (broad SMARTS) is 2. The van der Waals surface area contributed by atoms with Crippen LogP contribution >= 0.6 is 0 Å². The number of rotatable bonds is 6. The summed E-state index contributed by atoms with van der Waals surface area (Å²) in [6.45, 7) is 0. The van der Waals surface area contributed by atoms with E-state index in [0.29, 0.717) is 0 Å². The van der Waals surface area contributed by atoms with Crippen molar-refractivity contribution in [2.45, 2.75) is 18.9 Å². The highest BCUT2D eigenvalue weighted by molar-refractivity contribution is 5.77. The number of carbonyl (C=O) groups excluding carboxylic acids is 1. The first-order valence-corrected chi connectivity index (χ1v) is 3.22. The quantitative estimate of drug-likeness (QED) is 0.451. The van der Waals surface area contributed by atoms with Gasteiger partial charge in [0.15, 0.2) is 0 Å². The fourth-order valence-electron chi connectivity index (χ4n) is 0.628. The van der Waals surface area contributed by atoms with Gasteiger partial charge in [0.05, 0.1) is 0 Å². The van der Waals surface area contributed by atoms with Crippen molar-refractivity contribution in [3.63, 3.8) is 0 Å². The normalized spacial score (nSPS) is 11.7. The maximum absolute atomic E-state index is 10.3. The number of hydrogen-bond donors (Lipinski definition) is 3. The first-order valence-electron chi connectivity index (χ1n) is 3.22. The Labute approximate surface area is 68.2 Å². The number of carbonyl (C=O) groups is 3. The lowest BCUT2D eigenvalue weighted by Crippen LogP contribution is -2.36. The monoisotopic (exact) mass is 175 g/mol. The maximum Gasteiger partial charge on any atom is 0.326 e. The van der Waals surface area contributed by atoms with Crippen LogP contribution in [0, 0.1) is 0 Å². The second-order valence-corrected chi connectivity index (χ2v) is 2.11. The molecule has 0 aliphatic rings. The van der Waals surface area contributed by atoms with Crippen molar-refractivity contribution < 1.29 is 24.6 Å². The molecule has 0 saturated heterocycles. The van der Waals surface area contributed by atoms with Crippen LogP contribution in [0.3, 0.4) is 0 Å². The van der Waals surface area contributed by atoms with Gasteiger partial charge in [-0.05, 0) is 6.42 Å². The molecule has 3 N–H and O–H groups in total. The zero-order valence-electron chi connectivity index (χ0n) is 6.19. The van der Waals surface area contributed by atoms with Gasteiger partial charge < -0.3 is 15.5 Å². The molecule has 0 aromatic rings. The summed E-state index contributed by atoms with van der Waals surface area (Å²) in [6.07, 6.45) is -0.151. The fourth-order valence-corrected chi connectivity index (χ4v) is 0.628. The highest BCUT2D eigenvalue weighted by Gasteiger charge is 2.16. The van der Waals surface area contributed by atoms with Gasteiger partial charge in [0.2, 0.25) is 6.41 Å². The third-order valence-corrected chi connectivity index (χ3v) is 1.21. The molecule has 0 aromatic heterocycles. The van der Waals surface area contributed by atoms with E-state index in [2.05, 4.69) is 0 Å². The molecule has 0 spiro atoms. The topological polar surface area (TPSA) is 104 Å². The van der Waals surface area contributed by atoms with E-state index in [1.807, 2.05) is 5.32 Å². The molecule has 0 aliphatic heterocycles. The Hall–Kier alpha value is -1.59. The van der Waals surface area contributed by atoms with Gasteiger partial charge in [-0.3, -0.25) is 9.59 Å². The Balaban J connectivity index is 3.86. The molecular formula is C6H9NO5. The van der Waals surface area contributed by atoms with E-state index < -0.39 is 18.0 Å². The Morgan fingerprint density at radius 1 is 1.42 bits per heavy atom. The van der Waals surface area contributed by atoms with Crippen molar-refractivity contribution >= 4 is 18.3 Å². The number of nitrogens with one attached hydrogen (secondary N) is 1. The molecule has 6 heteroatoms. The minimum Gasteiger partial charge on any atom is -0.481 e. The largest absolute Gasteiger partial charge is 0.481 e. The third-order valence-electron chi connectivity index (χ3n) is 1.21. The molecule has 1 atom stereocenters. The molecule has 0 aliphatic carbocycles. The van der Waals surface area contributed by atoms with Crippen LogP contribution in [0.1, 0.15) is 12.8 Å². The van der Waals surface area contributed by atoms with Crippen molar-refractivity contribution in [1.82, 2.24) is 5.32 Å². The van der Waals surface area contributed by atoms with Gasteiger partial charge in [-0.25, -0.2) is 4.79 Å². The number of amides is 1. The van der Waals surface area contributed by atoms with Gasteiger partial charge in [0, 0.05) is 6.42 Å². The summed E-state index contributed by atoms with van der Waals surface area (Å²) >= 11 is 0. The van der Waals surface area contributed by atoms with Gasteiger partial charge in [-0.1, -0.05) is 0 Å². The molecule has 68 valence electrons. The smallest absolute Gasteiger partial charge is 0.326 e. The van der Waals surface area contributed by atoms with E-state index in [9.17, 15) is 14.4 Å². The Bertz CT molecular complexity index is 190. The predicted molar refractivity (Wildman–Crippen MR) is 37.5 cm³/mol. The molecule has 1 amide bonds. The van der Waals surface area contributed by atoms with Crippen LogP contribution in [0.5, 0.6) is 0 Å². The van der Waals surface area contributed by atoms with E-state index in [4.69, 9.17) is 10.2 Å². The Morgan fingerprint density at radius 3 is 2.33 bits per heavy atom. The summed E-state index contributed by atoms with van der Waals surface area (Å²) in [7, 11) is 0. The Kier molecular flexibility index (Phi) is 4.43. The molecule has 12 heavy (non-hydrogen) atoms. The van der Waals surface area contributed by atoms with E-state index >= 15 is 0 Å². The van der Waals surface area contributed by atoms with Crippen LogP contribution in [-0.4, -0.2) is 34.6 Å². The third kappa shape index (κ3) is 4.26. The van der Waals surface area contributed by atoms with Crippen molar-refractivity contribution in [3.8, 4) is 0 Å². The van der Waals surface area contributed by atoms with Gasteiger partial charge in [-0.2, -0.15) is 0 Å². The minimum atomic E-state index is -1.23. The van der Waals surface area contributed by atoms with Crippen LogP contribution in [-0.2, 0) is 14.4 Å². The molecule has 0 heterocycles. The van der Waals surface area contributed by atoms with Crippen molar-refractivity contribution in [1.29, 1.82) is 0 Å². The molecule has 0 radical (unpaired) electrons. The molecular weight excluding hydrogens is 166 g/mol. The van der Waals surface area contributed by atoms with Gasteiger partial charge in [0.25, 0.3) is 0 Å². The van der Waals surface area contributed by atoms with Crippen molar-refractivity contribution in [3.05, 3.63) is 0 Å². The zero-order valence-corrected chi connectivity index (χ0v) is 6.19. The number of aliphatic carboxylic acids is 2. The average Bonchev–Trinajstić information content (AvgIpc) is 1.96. The lowest BCUT2D eigenvalue weighted by Gasteiger charge is -2.08. The zero-order chi connectivity index (χ0) is 9.56. The molecule has 0 saturated carbocycles. The van der Waals surface area contributed by atoms with E-state index in [1.54, 1.807) is 0 Å². The van der Waals surface area contributed by atoms with Gasteiger partial charge >= 0.3 is 11.9 Å². The van der Waals surface area contributed by atoms with Gasteiger partial charge in [-0.15, -0.1) is 0 Å². The van der Waals surface area contributed by atoms with Crippen LogP contribution in [0.15, 0.2) is 0 Å². The summed E-state index contributed by atoms with van der Waals surface area (Å²) in [5.74, 6) is -2.32. The average molecular weight is 175 g/mol. The van der Waals surface area contributed by atoms with Crippen LogP contribution in [0.4, 0.5) is 0 Å². The first-order chi connectivity index (χ1) is 5.57. The standard InChI is InChI=1S/C6H9NO5/c8-3-7-4(6(11)12)1-2-5(9)10/h3-4H,1-2H2,(H,7,8)(H,9,10)(H,11,12)/t4-/m1/s1. The van der Waals surface area contributed by atoms with Crippen LogP contribution < -0.4 is 5.32 Å². The van der Waals surface area contributed by atoms with Crippen molar-refractivity contribution in [2.24, 2.45) is 0 Å². The fraction of sp³-hybridized carbons (Fsp3) is 0.500. The summed E-state index contributed by atoms with van der Waals surface area (Å²) in [5, 5.41) is 18.6. The molecule has 0 rings (SSSR count). The Morgan fingerprint density at radius 2 is 2.00 bits per heavy atom. The number of hydrogen-bond acceptors (Lipinski definition) is 3. The second kappa shape index (κ2) is 5.11. The van der Waals surface area contributed by atoms with Crippen LogP contribution in [0.25, 0.3) is 0 Å². The molecule has 0 unspecified atom stereocenters.